The Labute approximate surface area is 138 Å². The molecule has 2 fully saturated rings. The van der Waals surface area contributed by atoms with E-state index in [1.165, 1.54) is 19.3 Å². The van der Waals surface area contributed by atoms with E-state index in [0.717, 1.165) is 37.2 Å². The minimum absolute atomic E-state index is 0.219. The molecule has 2 nitrogen and oxygen atoms in total. The molecule has 0 amide bonds. The topological polar surface area (TPSA) is 24.4 Å². The van der Waals surface area contributed by atoms with E-state index < -0.39 is 0 Å². The first-order valence-corrected chi connectivity index (χ1v) is 8.90. The van der Waals surface area contributed by atoms with Gasteiger partial charge in [0.2, 0.25) is 0 Å². The van der Waals surface area contributed by atoms with Crippen LogP contribution in [0.3, 0.4) is 0 Å². The molecule has 1 aromatic rings. The van der Waals surface area contributed by atoms with E-state index in [9.17, 15) is 4.39 Å². The van der Waals surface area contributed by atoms with Crippen LogP contribution in [0.4, 0.5) is 4.39 Å². The van der Waals surface area contributed by atoms with E-state index >= 15 is 0 Å². The largest absolute Gasteiger partial charge is 0.382 e. The highest BCUT2D eigenvalue weighted by molar-refractivity contribution is 5.80. The van der Waals surface area contributed by atoms with E-state index in [4.69, 9.17) is 0 Å². The number of nitrogens with one attached hydrogen (secondary N) is 1. The van der Waals surface area contributed by atoms with Gasteiger partial charge in [0.05, 0.1) is 0 Å². The van der Waals surface area contributed by atoms with Crippen molar-refractivity contribution < 1.29 is 4.39 Å². The summed E-state index contributed by atoms with van der Waals surface area (Å²) in [5, 5.41) is 3.43. The Balaban J connectivity index is 1.62. The second kappa shape index (κ2) is 7.29. The highest BCUT2D eigenvalue weighted by Gasteiger charge is 2.20. The number of halogens is 1. The highest BCUT2D eigenvalue weighted by Crippen LogP contribution is 2.26. The van der Waals surface area contributed by atoms with Gasteiger partial charge in [-0.15, -0.1) is 0 Å². The summed E-state index contributed by atoms with van der Waals surface area (Å²) in [5.41, 5.74) is 2.10. The second-order valence-electron chi connectivity index (χ2n) is 7.19. The monoisotopic (exact) mass is 314 g/mol. The number of aliphatic imine (C=N–C) groups is 1. The van der Waals surface area contributed by atoms with Gasteiger partial charge in [-0.25, -0.2) is 4.39 Å². The fourth-order valence-electron chi connectivity index (χ4n) is 3.47. The molecule has 2 aliphatic rings. The number of nitrogens with zero attached hydrogens (tertiary/aromatic N) is 1. The Bertz CT molecular complexity index is 589. The lowest BCUT2D eigenvalue weighted by molar-refractivity contribution is 0.323. The number of hydrogen-bond donors (Lipinski definition) is 1. The quantitative estimate of drug-likeness (QED) is 0.765. The van der Waals surface area contributed by atoms with Gasteiger partial charge < -0.3 is 5.32 Å². The molecule has 2 saturated carbocycles. The van der Waals surface area contributed by atoms with Crippen molar-refractivity contribution >= 4 is 11.9 Å². The smallest absolute Gasteiger partial charge is 0.133 e. The van der Waals surface area contributed by atoms with Crippen molar-refractivity contribution in [2.45, 2.75) is 64.0 Å². The lowest BCUT2D eigenvalue weighted by atomic mass is 9.87. The summed E-state index contributed by atoms with van der Waals surface area (Å²) in [6.45, 7) is 6.33. The van der Waals surface area contributed by atoms with Crippen LogP contribution in [0.2, 0.25) is 0 Å². The van der Waals surface area contributed by atoms with Gasteiger partial charge >= 0.3 is 0 Å². The molecule has 0 spiro atoms. The van der Waals surface area contributed by atoms with Crippen molar-refractivity contribution in [3.05, 3.63) is 41.7 Å². The molecule has 3 heteroatoms. The second-order valence-corrected chi connectivity index (χ2v) is 7.19. The Hall–Kier alpha value is -1.64. The maximum Gasteiger partial charge on any atom is 0.133 e. The van der Waals surface area contributed by atoms with Crippen LogP contribution in [0.5, 0.6) is 0 Å². The number of rotatable bonds is 5. The predicted molar refractivity (Wildman–Crippen MR) is 95.2 cm³/mol. The summed E-state index contributed by atoms with van der Waals surface area (Å²) in [6.07, 6.45) is 10.2. The molecule has 3 rings (SSSR count). The standard InChI is InChI=1S/C20H27FN2/c1-14-5-3-8-18(11-14)23-15(2)19-10-9-16(12-20(19)21)13-22-17-6-4-7-17/h9-10,12-14,17-18,23H,2-8,11H2,1H3/b22-13+. The summed E-state index contributed by atoms with van der Waals surface area (Å²) in [4.78, 5) is 4.49. The number of hydrogen-bond acceptors (Lipinski definition) is 2. The van der Waals surface area contributed by atoms with Crippen LogP contribution >= 0.6 is 0 Å². The average molecular weight is 314 g/mol. The van der Waals surface area contributed by atoms with Gasteiger partial charge in [-0.3, -0.25) is 4.99 Å². The van der Waals surface area contributed by atoms with Crippen LogP contribution < -0.4 is 5.32 Å². The molecule has 2 unspecified atom stereocenters. The van der Waals surface area contributed by atoms with Gasteiger partial charge in [-0.05, 0) is 55.7 Å². The first kappa shape index (κ1) is 16.2. The lowest BCUT2D eigenvalue weighted by Crippen LogP contribution is -2.32. The van der Waals surface area contributed by atoms with Crippen molar-refractivity contribution in [2.75, 3.05) is 0 Å². The average Bonchev–Trinajstić information content (AvgIpc) is 2.45. The van der Waals surface area contributed by atoms with Crippen molar-refractivity contribution in [3.8, 4) is 0 Å². The van der Waals surface area contributed by atoms with Gasteiger partial charge in [-0.1, -0.05) is 32.4 Å². The molecule has 0 bridgehead atoms. The van der Waals surface area contributed by atoms with Crippen LogP contribution in [0.1, 0.15) is 63.0 Å². The normalized spacial score (nSPS) is 25.3. The van der Waals surface area contributed by atoms with Crippen LogP contribution in [0, 0.1) is 11.7 Å². The summed E-state index contributed by atoms with van der Waals surface area (Å²) in [6, 6.07) is 6.18. The molecule has 0 aliphatic heterocycles. The Kier molecular flexibility index (Phi) is 5.14. The van der Waals surface area contributed by atoms with Crippen molar-refractivity contribution in [3.63, 3.8) is 0 Å². The first-order valence-electron chi connectivity index (χ1n) is 8.90. The minimum atomic E-state index is -0.219. The van der Waals surface area contributed by atoms with Gasteiger partial charge in [-0.2, -0.15) is 0 Å². The predicted octanol–water partition coefficient (Wildman–Crippen LogP) is 4.94. The van der Waals surface area contributed by atoms with Crippen molar-refractivity contribution in [2.24, 2.45) is 10.9 Å². The van der Waals surface area contributed by atoms with Crippen LogP contribution in [0.15, 0.2) is 29.8 Å². The molecule has 2 atom stereocenters. The molecule has 1 N–H and O–H groups in total. The maximum atomic E-state index is 14.4. The van der Waals surface area contributed by atoms with E-state index in [0.29, 0.717) is 23.3 Å². The highest BCUT2D eigenvalue weighted by atomic mass is 19.1. The Morgan fingerprint density at radius 1 is 1.26 bits per heavy atom. The molecule has 124 valence electrons. The molecule has 0 radical (unpaired) electrons. The molecule has 2 aliphatic carbocycles. The maximum absolute atomic E-state index is 14.4. The van der Waals surface area contributed by atoms with E-state index in [1.807, 2.05) is 12.1 Å². The zero-order chi connectivity index (χ0) is 16.2. The summed E-state index contributed by atoms with van der Waals surface area (Å²) in [5.74, 6) is 0.521. The van der Waals surface area contributed by atoms with E-state index in [1.54, 1.807) is 12.3 Å². The molecular weight excluding hydrogens is 287 g/mol. The van der Waals surface area contributed by atoms with Gasteiger partial charge in [0.15, 0.2) is 0 Å². The summed E-state index contributed by atoms with van der Waals surface area (Å²) in [7, 11) is 0. The summed E-state index contributed by atoms with van der Waals surface area (Å²) >= 11 is 0. The molecule has 0 heterocycles. The lowest BCUT2D eigenvalue weighted by Gasteiger charge is -2.29. The number of benzene rings is 1. The van der Waals surface area contributed by atoms with Crippen LogP contribution in [0.25, 0.3) is 5.70 Å². The molecule has 1 aromatic carbocycles. The Morgan fingerprint density at radius 3 is 2.70 bits per heavy atom. The van der Waals surface area contributed by atoms with Crippen molar-refractivity contribution in [1.29, 1.82) is 0 Å². The zero-order valence-electron chi connectivity index (χ0n) is 14.0. The van der Waals surface area contributed by atoms with Crippen molar-refractivity contribution in [1.82, 2.24) is 5.32 Å². The molecular formula is C20H27FN2. The third kappa shape index (κ3) is 4.21. The third-order valence-electron chi connectivity index (χ3n) is 5.14. The van der Waals surface area contributed by atoms with Crippen LogP contribution in [-0.4, -0.2) is 18.3 Å². The fourth-order valence-corrected chi connectivity index (χ4v) is 3.47. The molecule has 0 saturated heterocycles. The summed E-state index contributed by atoms with van der Waals surface area (Å²) < 4.78 is 14.4. The first-order chi connectivity index (χ1) is 11.1. The third-order valence-corrected chi connectivity index (χ3v) is 5.14. The van der Waals surface area contributed by atoms with Gasteiger partial charge in [0, 0.05) is 29.6 Å². The minimum Gasteiger partial charge on any atom is -0.382 e. The van der Waals surface area contributed by atoms with Gasteiger partial charge in [0.1, 0.15) is 5.82 Å². The van der Waals surface area contributed by atoms with Gasteiger partial charge in [0.25, 0.3) is 0 Å². The van der Waals surface area contributed by atoms with E-state index in [2.05, 4.69) is 23.8 Å². The van der Waals surface area contributed by atoms with E-state index in [-0.39, 0.29) is 5.82 Å². The molecule has 0 aromatic heterocycles. The molecule has 23 heavy (non-hydrogen) atoms. The SMILES string of the molecule is C=C(NC1CCCC(C)C1)c1ccc(/C=N/C2CCC2)cc1F. The van der Waals surface area contributed by atoms with Crippen LogP contribution in [-0.2, 0) is 0 Å². The fraction of sp³-hybridized carbons (Fsp3) is 0.550. The zero-order valence-corrected chi connectivity index (χ0v) is 14.0. The Morgan fingerprint density at radius 2 is 2.04 bits per heavy atom.